The molecule has 0 aliphatic heterocycles. The fraction of sp³-hybridized carbons (Fsp3) is 0.348. The number of carbonyl (C=O) groups excluding carboxylic acids is 1. The first-order valence-electron chi connectivity index (χ1n) is 10.3. The number of hydrogen-bond acceptors (Lipinski definition) is 4. The molecule has 5 rings (SSSR count). The van der Waals surface area contributed by atoms with Gasteiger partial charge in [0.05, 0.1) is 41.8 Å². The minimum atomic E-state index is -0.553. The van der Waals surface area contributed by atoms with Gasteiger partial charge in [0.15, 0.2) is 0 Å². The van der Waals surface area contributed by atoms with E-state index in [-0.39, 0.29) is 5.54 Å². The number of methoxy groups -OCH3 is 1. The number of aromatic nitrogens is 4. The molecule has 1 saturated carbocycles. The maximum absolute atomic E-state index is 12.0. The van der Waals surface area contributed by atoms with Crippen LogP contribution in [0.1, 0.15) is 49.4 Å². The van der Waals surface area contributed by atoms with E-state index < -0.39 is 5.91 Å². The fourth-order valence-electron chi connectivity index (χ4n) is 4.87. The van der Waals surface area contributed by atoms with Crippen molar-refractivity contribution < 1.29 is 9.53 Å². The van der Waals surface area contributed by atoms with E-state index in [4.69, 9.17) is 15.5 Å². The number of hydrogen-bond donors (Lipinski definition) is 2. The van der Waals surface area contributed by atoms with Gasteiger partial charge in [-0.25, -0.2) is 9.97 Å². The van der Waals surface area contributed by atoms with Gasteiger partial charge in [-0.3, -0.25) is 4.79 Å². The van der Waals surface area contributed by atoms with Gasteiger partial charge in [0, 0.05) is 11.1 Å². The number of nitrogens with two attached hydrogens (primary N) is 1. The van der Waals surface area contributed by atoms with Gasteiger partial charge in [0.25, 0.3) is 5.91 Å². The van der Waals surface area contributed by atoms with E-state index in [0.29, 0.717) is 22.3 Å². The molecule has 30 heavy (non-hydrogen) atoms. The van der Waals surface area contributed by atoms with Crippen molar-refractivity contribution in [1.82, 2.24) is 19.5 Å². The minimum Gasteiger partial charge on any atom is -0.496 e. The number of fused-ring (bicyclic) bond motifs is 2. The van der Waals surface area contributed by atoms with Crippen molar-refractivity contribution in [3.05, 3.63) is 42.5 Å². The number of aromatic amines is 1. The molecule has 0 saturated heterocycles. The number of ether oxygens (including phenoxy) is 1. The van der Waals surface area contributed by atoms with E-state index in [0.717, 1.165) is 22.2 Å². The number of benzene rings is 2. The molecule has 2 aromatic carbocycles. The second kappa shape index (κ2) is 6.86. The molecule has 7 heteroatoms. The highest BCUT2D eigenvalue weighted by Gasteiger charge is 2.30. The molecule has 7 nitrogen and oxygen atoms in total. The molecule has 4 aromatic rings. The van der Waals surface area contributed by atoms with E-state index in [9.17, 15) is 4.79 Å². The van der Waals surface area contributed by atoms with E-state index in [1.165, 1.54) is 39.2 Å². The standard InChI is InChI=1S/C23H25N5O2/c1-23(8-4-3-5-9-23)28-13-27-16-10-14(6-7-17(16)28)15-11-18(30-2)19(22(24)29)21-20(15)25-12-26-21/h6-7,10-13H,3-5,8-9H2,1-2H3,(H2,24,29)(H,25,26). The Labute approximate surface area is 174 Å². The van der Waals surface area contributed by atoms with Crippen LogP contribution in [0.5, 0.6) is 5.75 Å². The maximum atomic E-state index is 12.0. The van der Waals surface area contributed by atoms with Crippen LogP contribution in [0.25, 0.3) is 33.2 Å². The van der Waals surface area contributed by atoms with Gasteiger partial charge < -0.3 is 20.0 Å². The van der Waals surface area contributed by atoms with E-state index in [1.807, 2.05) is 12.4 Å². The summed E-state index contributed by atoms with van der Waals surface area (Å²) in [5.41, 5.74) is 11.2. The lowest BCUT2D eigenvalue weighted by atomic mass is 9.83. The van der Waals surface area contributed by atoms with Crippen molar-refractivity contribution in [2.75, 3.05) is 7.11 Å². The molecule has 154 valence electrons. The summed E-state index contributed by atoms with van der Waals surface area (Å²) < 4.78 is 7.80. The Balaban J connectivity index is 1.66. The highest BCUT2D eigenvalue weighted by molar-refractivity contribution is 6.10. The van der Waals surface area contributed by atoms with Crippen LogP contribution < -0.4 is 10.5 Å². The largest absolute Gasteiger partial charge is 0.496 e. The summed E-state index contributed by atoms with van der Waals surface area (Å²) in [4.78, 5) is 24.2. The monoisotopic (exact) mass is 403 g/mol. The van der Waals surface area contributed by atoms with Crippen LogP contribution >= 0.6 is 0 Å². The molecule has 0 atom stereocenters. The summed E-state index contributed by atoms with van der Waals surface area (Å²) in [6.45, 7) is 2.34. The Hall–Kier alpha value is -3.35. The van der Waals surface area contributed by atoms with Gasteiger partial charge in [0.2, 0.25) is 0 Å². The second-order valence-electron chi connectivity index (χ2n) is 8.37. The van der Waals surface area contributed by atoms with Gasteiger partial charge in [-0.2, -0.15) is 0 Å². The Bertz CT molecular complexity index is 1260. The zero-order valence-corrected chi connectivity index (χ0v) is 17.2. The zero-order chi connectivity index (χ0) is 20.9. The maximum Gasteiger partial charge on any atom is 0.254 e. The first-order valence-corrected chi connectivity index (χ1v) is 10.3. The molecule has 2 aromatic heterocycles. The van der Waals surface area contributed by atoms with Crippen molar-refractivity contribution >= 4 is 28.0 Å². The zero-order valence-electron chi connectivity index (χ0n) is 17.2. The lowest BCUT2D eigenvalue weighted by Crippen LogP contribution is -2.31. The first-order chi connectivity index (χ1) is 14.5. The van der Waals surface area contributed by atoms with Crippen LogP contribution in [0.4, 0.5) is 0 Å². The Morgan fingerprint density at radius 3 is 2.73 bits per heavy atom. The molecule has 1 aliphatic rings. The molecule has 1 aliphatic carbocycles. The summed E-state index contributed by atoms with van der Waals surface area (Å²) in [5.74, 6) is -0.128. The Morgan fingerprint density at radius 1 is 1.20 bits per heavy atom. The molecule has 0 spiro atoms. The van der Waals surface area contributed by atoms with Crippen molar-refractivity contribution in [1.29, 1.82) is 0 Å². The average molecular weight is 403 g/mol. The Morgan fingerprint density at radius 2 is 2.00 bits per heavy atom. The number of H-pyrrole nitrogens is 1. The van der Waals surface area contributed by atoms with E-state index in [2.05, 4.69) is 39.7 Å². The molecular weight excluding hydrogens is 378 g/mol. The summed E-state index contributed by atoms with van der Waals surface area (Å²) in [7, 11) is 1.53. The summed E-state index contributed by atoms with van der Waals surface area (Å²) >= 11 is 0. The Kier molecular flexibility index (Phi) is 4.27. The molecule has 0 radical (unpaired) electrons. The molecule has 0 bridgehead atoms. The molecule has 2 heterocycles. The lowest BCUT2D eigenvalue weighted by molar-refractivity contribution is 0.0999. The smallest absolute Gasteiger partial charge is 0.254 e. The number of primary amides is 1. The van der Waals surface area contributed by atoms with Gasteiger partial charge in [-0.1, -0.05) is 25.3 Å². The van der Waals surface area contributed by atoms with Crippen LogP contribution in [0.3, 0.4) is 0 Å². The van der Waals surface area contributed by atoms with Gasteiger partial charge in [-0.05, 0) is 43.5 Å². The average Bonchev–Trinajstić information content (AvgIpc) is 3.39. The van der Waals surface area contributed by atoms with Crippen molar-refractivity contribution in [3.63, 3.8) is 0 Å². The fourth-order valence-corrected chi connectivity index (χ4v) is 4.87. The number of imidazole rings is 2. The van der Waals surface area contributed by atoms with Crippen LogP contribution in [0, 0.1) is 0 Å². The van der Waals surface area contributed by atoms with E-state index in [1.54, 1.807) is 6.33 Å². The van der Waals surface area contributed by atoms with Crippen molar-refractivity contribution in [3.8, 4) is 16.9 Å². The second-order valence-corrected chi connectivity index (χ2v) is 8.37. The molecule has 0 unspecified atom stereocenters. The topological polar surface area (TPSA) is 98.8 Å². The van der Waals surface area contributed by atoms with Crippen LogP contribution in [-0.4, -0.2) is 32.5 Å². The predicted molar refractivity (Wildman–Crippen MR) is 117 cm³/mol. The lowest BCUT2D eigenvalue weighted by Gasteiger charge is -2.35. The number of nitrogens with zero attached hydrogens (tertiary/aromatic N) is 3. The number of carbonyl (C=O) groups is 1. The number of amides is 1. The van der Waals surface area contributed by atoms with Crippen LogP contribution in [-0.2, 0) is 5.54 Å². The highest BCUT2D eigenvalue weighted by atomic mass is 16.5. The highest BCUT2D eigenvalue weighted by Crippen LogP contribution is 2.39. The summed E-state index contributed by atoms with van der Waals surface area (Å²) in [6, 6.07) is 8.11. The molecule has 3 N–H and O–H groups in total. The third-order valence-electron chi connectivity index (χ3n) is 6.50. The van der Waals surface area contributed by atoms with Gasteiger partial charge in [0.1, 0.15) is 11.3 Å². The third-order valence-corrected chi connectivity index (χ3v) is 6.50. The predicted octanol–water partition coefficient (Wildman–Crippen LogP) is 4.37. The van der Waals surface area contributed by atoms with Crippen molar-refractivity contribution in [2.24, 2.45) is 5.73 Å². The van der Waals surface area contributed by atoms with Crippen LogP contribution in [0.2, 0.25) is 0 Å². The first kappa shape index (κ1) is 18.7. The summed E-state index contributed by atoms with van der Waals surface area (Å²) in [6.07, 6.45) is 9.74. The SMILES string of the molecule is COc1cc(-c2ccc3c(c2)ncn3C2(C)CCCCC2)c2nc[nH]c2c1C(N)=O. The van der Waals surface area contributed by atoms with Crippen LogP contribution in [0.15, 0.2) is 36.9 Å². The molecular formula is C23H25N5O2. The quantitative estimate of drug-likeness (QED) is 0.529. The van der Waals surface area contributed by atoms with Gasteiger partial charge in [-0.15, -0.1) is 0 Å². The molecule has 1 amide bonds. The van der Waals surface area contributed by atoms with Crippen molar-refractivity contribution in [2.45, 2.75) is 44.6 Å². The normalized spacial score (nSPS) is 16.2. The number of nitrogens with one attached hydrogen (secondary N) is 1. The summed E-state index contributed by atoms with van der Waals surface area (Å²) in [5, 5.41) is 0. The van der Waals surface area contributed by atoms with Gasteiger partial charge >= 0.3 is 0 Å². The number of rotatable bonds is 4. The third kappa shape index (κ3) is 2.76. The van der Waals surface area contributed by atoms with E-state index >= 15 is 0 Å². The molecule has 1 fully saturated rings. The minimum absolute atomic E-state index is 0.121.